The van der Waals surface area contributed by atoms with Crippen molar-refractivity contribution in [2.45, 2.75) is 36.8 Å². The average Bonchev–Trinajstić information content (AvgIpc) is 2.76. The van der Waals surface area contributed by atoms with Crippen molar-refractivity contribution in [1.82, 2.24) is 4.98 Å². The minimum Gasteiger partial charge on any atom is -0.399 e. The van der Waals surface area contributed by atoms with E-state index < -0.39 is 10.8 Å². The second-order valence-electron chi connectivity index (χ2n) is 5.56. The van der Waals surface area contributed by atoms with E-state index in [4.69, 9.17) is 5.73 Å². The molecular weight excluding hydrogens is 356 g/mol. The third-order valence-electron chi connectivity index (χ3n) is 2.78. The standard InChI is InChI=1S/C14H17BrN2OS2/c1-14(2,3)12-7-19-13(17-12)8-20(18)11-5-4-9(16)6-10(11)15/h4-7H,8,16H2,1-3H3. The molecule has 0 aliphatic rings. The van der Waals surface area contributed by atoms with Crippen molar-refractivity contribution in [1.29, 1.82) is 0 Å². The Labute approximate surface area is 134 Å². The smallest absolute Gasteiger partial charge is 0.106 e. The highest BCUT2D eigenvalue weighted by Gasteiger charge is 2.19. The van der Waals surface area contributed by atoms with Crippen LogP contribution in [0, 0.1) is 0 Å². The molecule has 0 saturated carbocycles. The number of aromatic nitrogens is 1. The zero-order valence-corrected chi connectivity index (χ0v) is 14.9. The Bertz CT molecular complexity index is 647. The van der Waals surface area contributed by atoms with Crippen LogP contribution in [0.1, 0.15) is 31.5 Å². The van der Waals surface area contributed by atoms with Gasteiger partial charge in [-0.05, 0) is 34.1 Å². The summed E-state index contributed by atoms with van der Waals surface area (Å²) in [5, 5.41) is 2.95. The molecule has 0 saturated heterocycles. The van der Waals surface area contributed by atoms with Gasteiger partial charge in [0.05, 0.1) is 27.1 Å². The first-order valence-electron chi connectivity index (χ1n) is 6.15. The summed E-state index contributed by atoms with van der Waals surface area (Å²) in [6.45, 7) is 6.37. The lowest BCUT2D eigenvalue weighted by Crippen LogP contribution is -2.11. The molecule has 0 aliphatic carbocycles. The van der Waals surface area contributed by atoms with Crippen LogP contribution >= 0.6 is 27.3 Å². The predicted octanol–water partition coefficient (Wildman–Crippen LogP) is 4.09. The van der Waals surface area contributed by atoms with Crippen LogP contribution in [0.25, 0.3) is 0 Å². The number of benzene rings is 1. The highest BCUT2D eigenvalue weighted by molar-refractivity contribution is 9.10. The summed E-state index contributed by atoms with van der Waals surface area (Å²) in [4.78, 5) is 5.34. The van der Waals surface area contributed by atoms with Crippen LogP contribution < -0.4 is 5.73 Å². The quantitative estimate of drug-likeness (QED) is 0.825. The van der Waals surface area contributed by atoms with Crippen molar-refractivity contribution in [2.24, 2.45) is 0 Å². The maximum Gasteiger partial charge on any atom is 0.106 e. The van der Waals surface area contributed by atoms with Gasteiger partial charge in [-0.2, -0.15) is 0 Å². The first kappa shape index (κ1) is 15.7. The molecule has 1 atom stereocenters. The monoisotopic (exact) mass is 372 g/mol. The second kappa shape index (κ2) is 5.95. The number of anilines is 1. The number of hydrogen-bond donors (Lipinski definition) is 1. The van der Waals surface area contributed by atoms with Gasteiger partial charge in [-0.15, -0.1) is 11.3 Å². The molecule has 0 bridgehead atoms. The third-order valence-corrected chi connectivity index (χ3v) is 6.11. The summed E-state index contributed by atoms with van der Waals surface area (Å²) < 4.78 is 13.2. The van der Waals surface area contributed by atoms with Crippen molar-refractivity contribution in [3.8, 4) is 0 Å². The van der Waals surface area contributed by atoms with Gasteiger partial charge in [0.15, 0.2) is 0 Å². The third kappa shape index (κ3) is 3.68. The normalized spacial score (nSPS) is 13.4. The van der Waals surface area contributed by atoms with E-state index in [-0.39, 0.29) is 5.41 Å². The van der Waals surface area contributed by atoms with Gasteiger partial charge in [-0.25, -0.2) is 4.98 Å². The Kier molecular flexibility index (Phi) is 4.66. The highest BCUT2D eigenvalue weighted by atomic mass is 79.9. The van der Waals surface area contributed by atoms with Crippen LogP contribution in [-0.4, -0.2) is 9.19 Å². The van der Waals surface area contributed by atoms with E-state index >= 15 is 0 Å². The molecule has 108 valence electrons. The number of nitrogen functional groups attached to an aromatic ring is 1. The van der Waals surface area contributed by atoms with Crippen LogP contribution in [0.4, 0.5) is 5.69 Å². The summed E-state index contributed by atoms with van der Waals surface area (Å²) in [7, 11) is -1.12. The molecule has 2 aromatic rings. The van der Waals surface area contributed by atoms with Crippen LogP contribution in [0.15, 0.2) is 32.9 Å². The van der Waals surface area contributed by atoms with E-state index in [2.05, 4.69) is 41.7 Å². The Morgan fingerprint density at radius 2 is 2.10 bits per heavy atom. The maximum absolute atomic E-state index is 12.4. The van der Waals surface area contributed by atoms with E-state index in [1.165, 1.54) is 0 Å². The van der Waals surface area contributed by atoms with Crippen molar-refractivity contribution in [3.63, 3.8) is 0 Å². The number of nitrogens with zero attached hydrogens (tertiary/aromatic N) is 1. The van der Waals surface area contributed by atoms with Gasteiger partial charge in [0.2, 0.25) is 0 Å². The molecule has 1 aromatic heterocycles. The largest absolute Gasteiger partial charge is 0.399 e. The van der Waals surface area contributed by atoms with Crippen LogP contribution in [-0.2, 0) is 22.0 Å². The lowest BCUT2D eigenvalue weighted by atomic mass is 9.93. The highest BCUT2D eigenvalue weighted by Crippen LogP contribution is 2.27. The molecule has 0 amide bonds. The minimum atomic E-state index is -1.12. The van der Waals surface area contributed by atoms with E-state index in [0.29, 0.717) is 11.4 Å². The van der Waals surface area contributed by atoms with E-state index in [9.17, 15) is 4.21 Å². The molecule has 2 N–H and O–H groups in total. The molecule has 0 fully saturated rings. The Hall–Kier alpha value is -0.720. The van der Waals surface area contributed by atoms with Crippen molar-refractivity contribution < 1.29 is 4.21 Å². The van der Waals surface area contributed by atoms with E-state index in [1.54, 1.807) is 29.5 Å². The second-order valence-corrected chi connectivity index (χ2v) is 8.77. The van der Waals surface area contributed by atoms with Gasteiger partial charge in [0.25, 0.3) is 0 Å². The summed E-state index contributed by atoms with van der Waals surface area (Å²) in [6, 6.07) is 5.34. The molecule has 1 heterocycles. The van der Waals surface area contributed by atoms with Crippen LogP contribution in [0.3, 0.4) is 0 Å². The zero-order chi connectivity index (χ0) is 14.9. The molecule has 20 heavy (non-hydrogen) atoms. The molecule has 6 heteroatoms. The van der Waals surface area contributed by atoms with Crippen molar-refractivity contribution >= 4 is 43.8 Å². The number of hydrogen-bond acceptors (Lipinski definition) is 4. The molecular formula is C14H17BrN2OS2. The fourth-order valence-electron chi connectivity index (χ4n) is 1.61. The lowest BCUT2D eigenvalue weighted by molar-refractivity contribution is 0.571. The topological polar surface area (TPSA) is 56.0 Å². The van der Waals surface area contributed by atoms with Gasteiger partial charge in [-0.1, -0.05) is 20.8 Å². The molecule has 1 unspecified atom stereocenters. The van der Waals surface area contributed by atoms with E-state index in [1.807, 2.05) is 5.38 Å². The summed E-state index contributed by atoms with van der Waals surface area (Å²) in [5.74, 6) is 0.434. The van der Waals surface area contributed by atoms with Gasteiger partial charge in [0.1, 0.15) is 5.01 Å². The van der Waals surface area contributed by atoms with Gasteiger partial charge in [0, 0.05) is 21.0 Å². The van der Waals surface area contributed by atoms with E-state index in [0.717, 1.165) is 20.1 Å². The number of thiazole rings is 1. The Morgan fingerprint density at radius 1 is 1.40 bits per heavy atom. The molecule has 2 rings (SSSR count). The summed E-state index contributed by atoms with van der Waals surface area (Å²) in [6.07, 6.45) is 0. The number of nitrogens with two attached hydrogens (primary N) is 1. The van der Waals surface area contributed by atoms with Crippen LogP contribution in [0.2, 0.25) is 0 Å². The average molecular weight is 373 g/mol. The Morgan fingerprint density at radius 3 is 2.65 bits per heavy atom. The van der Waals surface area contributed by atoms with Crippen molar-refractivity contribution in [2.75, 3.05) is 5.73 Å². The van der Waals surface area contributed by atoms with Gasteiger partial charge < -0.3 is 5.73 Å². The molecule has 0 aliphatic heterocycles. The summed E-state index contributed by atoms with van der Waals surface area (Å²) in [5.41, 5.74) is 7.42. The molecule has 1 aromatic carbocycles. The minimum absolute atomic E-state index is 0.0258. The number of rotatable bonds is 3. The van der Waals surface area contributed by atoms with Gasteiger partial charge >= 0.3 is 0 Å². The SMILES string of the molecule is CC(C)(C)c1csc(CS(=O)c2ccc(N)cc2Br)n1. The maximum atomic E-state index is 12.4. The predicted molar refractivity (Wildman–Crippen MR) is 89.5 cm³/mol. The molecule has 0 spiro atoms. The summed E-state index contributed by atoms with van der Waals surface area (Å²) >= 11 is 4.97. The first-order chi connectivity index (χ1) is 9.27. The zero-order valence-electron chi connectivity index (χ0n) is 11.6. The van der Waals surface area contributed by atoms with Crippen LogP contribution in [0.5, 0.6) is 0 Å². The van der Waals surface area contributed by atoms with Gasteiger partial charge in [-0.3, -0.25) is 4.21 Å². The first-order valence-corrected chi connectivity index (χ1v) is 9.15. The number of halogens is 1. The Balaban J connectivity index is 2.17. The fraction of sp³-hybridized carbons (Fsp3) is 0.357. The lowest BCUT2D eigenvalue weighted by Gasteiger charge is -2.14. The molecule has 0 radical (unpaired) electrons. The van der Waals surface area contributed by atoms with Crippen molar-refractivity contribution in [3.05, 3.63) is 38.8 Å². The fourth-order valence-corrected chi connectivity index (χ4v) is 4.89. The molecule has 3 nitrogen and oxygen atoms in total.